The number of aliphatic hydroxyl groups is 2. The van der Waals surface area contributed by atoms with E-state index in [2.05, 4.69) is 17.9 Å². The largest absolute Gasteiger partial charge is 0.466 e. The molecular weight excluding hydrogens is 323 g/mol. The SMILES string of the molecule is C=CC(=O)OCC(C)OC(=O)C=C.O=P(O)(O)O.OCCO. The molecule has 0 aliphatic heterocycles. The molecule has 0 fully saturated rings. The topological polar surface area (TPSA) is 171 Å². The second-order valence-corrected chi connectivity index (χ2v) is 4.27. The van der Waals surface area contributed by atoms with E-state index >= 15 is 0 Å². The first-order chi connectivity index (χ1) is 10.0. The minimum absolute atomic E-state index is 0.0183. The van der Waals surface area contributed by atoms with E-state index in [0.717, 1.165) is 12.2 Å². The van der Waals surface area contributed by atoms with Crippen molar-refractivity contribution in [2.75, 3.05) is 19.8 Å². The molecule has 0 rings (SSSR count). The van der Waals surface area contributed by atoms with E-state index in [1.165, 1.54) is 0 Å². The summed E-state index contributed by atoms with van der Waals surface area (Å²) in [5.41, 5.74) is 0. The summed E-state index contributed by atoms with van der Waals surface area (Å²) in [5, 5.41) is 15.2. The number of hydrogen-bond donors (Lipinski definition) is 5. The van der Waals surface area contributed by atoms with Crippen LogP contribution in [0.3, 0.4) is 0 Å². The first-order valence-electron chi connectivity index (χ1n) is 5.64. The third kappa shape index (κ3) is 36.2. The van der Waals surface area contributed by atoms with Gasteiger partial charge in [0.2, 0.25) is 0 Å². The fraction of sp³-hybridized carbons (Fsp3) is 0.455. The molecule has 130 valence electrons. The van der Waals surface area contributed by atoms with E-state index in [4.69, 9.17) is 34.2 Å². The molecule has 0 aromatic heterocycles. The van der Waals surface area contributed by atoms with Gasteiger partial charge in [0.05, 0.1) is 13.2 Å². The van der Waals surface area contributed by atoms with Crippen molar-refractivity contribution in [3.8, 4) is 0 Å². The number of aliphatic hydroxyl groups excluding tert-OH is 2. The summed E-state index contributed by atoms with van der Waals surface area (Å²) in [5.74, 6) is -1.08. The van der Waals surface area contributed by atoms with Crippen LogP contribution in [0.25, 0.3) is 0 Å². The monoisotopic (exact) mass is 344 g/mol. The summed E-state index contributed by atoms with van der Waals surface area (Å²) in [6.07, 6.45) is 1.61. The van der Waals surface area contributed by atoms with E-state index in [0.29, 0.717) is 0 Å². The lowest BCUT2D eigenvalue weighted by Crippen LogP contribution is -2.20. The van der Waals surface area contributed by atoms with Gasteiger partial charge in [-0.3, -0.25) is 0 Å². The van der Waals surface area contributed by atoms with E-state index in [1.54, 1.807) is 6.92 Å². The lowest BCUT2D eigenvalue weighted by Gasteiger charge is -2.10. The Hall–Kier alpha value is -1.55. The zero-order valence-corrected chi connectivity index (χ0v) is 12.9. The molecule has 22 heavy (non-hydrogen) atoms. The predicted octanol–water partition coefficient (Wildman–Crippen LogP) is -1.12. The zero-order valence-electron chi connectivity index (χ0n) is 12.0. The van der Waals surface area contributed by atoms with Crippen molar-refractivity contribution in [3.63, 3.8) is 0 Å². The molecule has 1 atom stereocenters. The van der Waals surface area contributed by atoms with Gasteiger partial charge >= 0.3 is 19.8 Å². The van der Waals surface area contributed by atoms with E-state index in [-0.39, 0.29) is 19.8 Å². The molecule has 0 aliphatic carbocycles. The Kier molecular flexibility index (Phi) is 18.3. The number of rotatable bonds is 6. The maximum Gasteiger partial charge on any atom is 0.466 e. The van der Waals surface area contributed by atoms with Gasteiger partial charge in [-0.2, -0.15) is 0 Å². The molecule has 0 radical (unpaired) electrons. The van der Waals surface area contributed by atoms with Gasteiger partial charge in [0.1, 0.15) is 12.7 Å². The highest BCUT2D eigenvalue weighted by Gasteiger charge is 2.07. The fourth-order valence-electron chi connectivity index (χ4n) is 0.539. The van der Waals surface area contributed by atoms with Gasteiger partial charge in [-0.05, 0) is 6.92 Å². The Morgan fingerprint density at radius 3 is 1.73 bits per heavy atom. The Morgan fingerprint density at radius 1 is 1.09 bits per heavy atom. The van der Waals surface area contributed by atoms with Gasteiger partial charge in [0, 0.05) is 12.2 Å². The number of carbonyl (C=O) groups excluding carboxylic acids is 2. The number of carbonyl (C=O) groups is 2. The molecule has 11 heteroatoms. The first-order valence-corrected chi connectivity index (χ1v) is 7.20. The second-order valence-electron chi connectivity index (χ2n) is 3.25. The second kappa shape index (κ2) is 15.8. The van der Waals surface area contributed by atoms with Crippen LogP contribution >= 0.6 is 7.82 Å². The highest BCUT2D eigenvalue weighted by molar-refractivity contribution is 7.45. The maximum absolute atomic E-state index is 10.6. The van der Waals surface area contributed by atoms with E-state index in [9.17, 15) is 9.59 Å². The molecule has 0 saturated carbocycles. The molecule has 0 aromatic carbocycles. The summed E-state index contributed by atoms with van der Waals surface area (Å²) in [6, 6.07) is 0. The number of ether oxygens (including phenoxy) is 2. The molecule has 1 unspecified atom stereocenters. The average molecular weight is 344 g/mol. The van der Waals surface area contributed by atoms with E-state index < -0.39 is 25.9 Å². The predicted molar refractivity (Wildman–Crippen MR) is 75.3 cm³/mol. The van der Waals surface area contributed by atoms with Gasteiger partial charge in [0.15, 0.2) is 0 Å². The van der Waals surface area contributed by atoms with Crippen molar-refractivity contribution >= 4 is 19.8 Å². The van der Waals surface area contributed by atoms with Gasteiger partial charge in [-0.1, -0.05) is 13.2 Å². The molecule has 5 N–H and O–H groups in total. The highest BCUT2D eigenvalue weighted by Crippen LogP contribution is 2.25. The number of hydrogen-bond acceptors (Lipinski definition) is 7. The third-order valence-corrected chi connectivity index (χ3v) is 1.21. The molecule has 0 heterocycles. The Labute approximate surface area is 127 Å². The molecule has 0 bridgehead atoms. The molecule has 0 aliphatic rings. The van der Waals surface area contributed by atoms with Crippen molar-refractivity contribution in [2.24, 2.45) is 0 Å². The van der Waals surface area contributed by atoms with Crippen LogP contribution in [-0.2, 0) is 23.6 Å². The number of phosphoric acid groups is 1. The molecule has 10 nitrogen and oxygen atoms in total. The van der Waals surface area contributed by atoms with Crippen LogP contribution in [0.1, 0.15) is 6.92 Å². The third-order valence-electron chi connectivity index (χ3n) is 1.21. The van der Waals surface area contributed by atoms with Crippen molar-refractivity contribution in [1.29, 1.82) is 0 Å². The van der Waals surface area contributed by atoms with Crippen LogP contribution in [-0.4, -0.2) is 62.8 Å². The van der Waals surface area contributed by atoms with Crippen LogP contribution in [0.2, 0.25) is 0 Å². The fourth-order valence-corrected chi connectivity index (χ4v) is 0.539. The van der Waals surface area contributed by atoms with Crippen molar-refractivity contribution in [3.05, 3.63) is 25.3 Å². The smallest absolute Gasteiger partial charge is 0.459 e. The van der Waals surface area contributed by atoms with Gasteiger partial charge in [-0.15, -0.1) is 0 Å². The van der Waals surface area contributed by atoms with Crippen molar-refractivity contribution < 1.29 is 48.5 Å². The molecule has 0 aromatic rings. The Balaban J connectivity index is -0.000000330. The average Bonchev–Trinajstić information content (AvgIpc) is 2.42. The number of esters is 2. The molecule has 0 spiro atoms. The maximum atomic E-state index is 10.6. The minimum atomic E-state index is -4.64. The lowest BCUT2D eigenvalue weighted by atomic mass is 10.4. The summed E-state index contributed by atoms with van der Waals surface area (Å²) in [4.78, 5) is 42.8. The summed E-state index contributed by atoms with van der Waals surface area (Å²) in [7, 11) is -4.64. The summed E-state index contributed by atoms with van der Waals surface area (Å²) < 4.78 is 18.2. The van der Waals surface area contributed by atoms with Crippen LogP contribution in [0, 0.1) is 0 Å². The summed E-state index contributed by atoms with van der Waals surface area (Å²) >= 11 is 0. The van der Waals surface area contributed by atoms with Gasteiger partial charge in [-0.25, -0.2) is 14.2 Å². The van der Waals surface area contributed by atoms with Crippen LogP contribution in [0.4, 0.5) is 0 Å². The molecule has 0 saturated heterocycles. The normalized spacial score (nSPS) is 10.6. The lowest BCUT2D eigenvalue weighted by molar-refractivity contribution is -0.151. The van der Waals surface area contributed by atoms with Crippen molar-refractivity contribution in [2.45, 2.75) is 13.0 Å². The van der Waals surface area contributed by atoms with Crippen LogP contribution < -0.4 is 0 Å². The highest BCUT2D eigenvalue weighted by atomic mass is 31.2. The zero-order chi connectivity index (χ0) is 18.2. The quantitative estimate of drug-likeness (QED) is 0.226. The standard InChI is InChI=1S/C9H12O4.C2H6O2.H3O4P/c1-4-8(10)12-6-7(3)13-9(11)5-2;3-1-2-4;1-5(2,3)4/h4-5,7H,1-2,6H2,3H3;3-4H,1-2H2;(H3,1,2,3,4). The first kappa shape index (κ1) is 25.4. The van der Waals surface area contributed by atoms with Crippen LogP contribution in [0.5, 0.6) is 0 Å². The Bertz CT molecular complexity index is 365. The Morgan fingerprint density at radius 2 is 1.45 bits per heavy atom. The molecular formula is C11H21O10P. The van der Waals surface area contributed by atoms with Gasteiger partial charge < -0.3 is 34.4 Å². The molecule has 0 amide bonds. The summed E-state index contributed by atoms with van der Waals surface area (Å²) in [6.45, 7) is 7.82. The van der Waals surface area contributed by atoms with Crippen molar-refractivity contribution in [1.82, 2.24) is 0 Å². The van der Waals surface area contributed by atoms with Crippen LogP contribution in [0.15, 0.2) is 25.3 Å². The minimum Gasteiger partial charge on any atom is -0.459 e. The van der Waals surface area contributed by atoms with E-state index in [1.807, 2.05) is 0 Å². The van der Waals surface area contributed by atoms with Gasteiger partial charge in [0.25, 0.3) is 0 Å².